The molecular formula is C24H23N7O2S. The van der Waals surface area contributed by atoms with Crippen LogP contribution in [0.5, 0.6) is 0 Å². The van der Waals surface area contributed by atoms with Crippen LogP contribution >= 0.6 is 0 Å². The molecule has 0 spiro atoms. The number of benzene rings is 2. The van der Waals surface area contributed by atoms with Gasteiger partial charge in [0.25, 0.3) is 0 Å². The molecule has 0 aliphatic heterocycles. The first-order valence-corrected chi connectivity index (χ1v) is 12.4. The SMILES string of the molecule is CN(c1ccccc1-c1ccc2cnc(Nc3ccc(Cn4ccnc4)cc3)nn12)S(C)(=O)=O. The van der Waals surface area contributed by atoms with Crippen LogP contribution in [0.15, 0.2) is 85.6 Å². The highest BCUT2D eigenvalue weighted by atomic mass is 32.2. The van der Waals surface area contributed by atoms with E-state index in [1.165, 1.54) is 10.6 Å². The Bertz CT molecular complexity index is 1540. The zero-order valence-electron chi connectivity index (χ0n) is 18.7. The van der Waals surface area contributed by atoms with E-state index in [-0.39, 0.29) is 0 Å². The lowest BCUT2D eigenvalue weighted by molar-refractivity contribution is 0.600. The van der Waals surface area contributed by atoms with Gasteiger partial charge >= 0.3 is 0 Å². The van der Waals surface area contributed by atoms with Gasteiger partial charge in [0, 0.05) is 37.2 Å². The van der Waals surface area contributed by atoms with Gasteiger partial charge in [-0.05, 0) is 35.9 Å². The molecule has 0 bridgehead atoms. The van der Waals surface area contributed by atoms with Crippen molar-refractivity contribution in [3.05, 3.63) is 91.1 Å². The van der Waals surface area contributed by atoms with Crippen LogP contribution < -0.4 is 9.62 Å². The summed E-state index contributed by atoms with van der Waals surface area (Å²) in [7, 11) is -1.87. The molecule has 0 atom stereocenters. The summed E-state index contributed by atoms with van der Waals surface area (Å²) in [5.41, 5.74) is 4.91. The third-order valence-corrected chi connectivity index (χ3v) is 6.74. The fraction of sp³-hybridized carbons (Fsp3) is 0.125. The molecule has 0 radical (unpaired) electrons. The number of anilines is 3. The maximum atomic E-state index is 12.2. The van der Waals surface area contributed by atoms with Gasteiger partial charge in [0.1, 0.15) is 0 Å². The molecule has 0 aliphatic rings. The minimum Gasteiger partial charge on any atom is -0.333 e. The molecule has 9 nitrogen and oxygen atoms in total. The minimum absolute atomic E-state index is 0.432. The number of rotatable bonds is 7. The van der Waals surface area contributed by atoms with Gasteiger partial charge in [-0.2, -0.15) is 0 Å². The van der Waals surface area contributed by atoms with Crippen molar-refractivity contribution in [1.29, 1.82) is 0 Å². The van der Waals surface area contributed by atoms with Crippen molar-refractivity contribution in [2.24, 2.45) is 0 Å². The van der Waals surface area contributed by atoms with Crippen molar-refractivity contribution < 1.29 is 8.42 Å². The molecule has 0 unspecified atom stereocenters. The van der Waals surface area contributed by atoms with E-state index >= 15 is 0 Å². The van der Waals surface area contributed by atoms with E-state index in [1.807, 2.05) is 65.4 Å². The summed E-state index contributed by atoms with van der Waals surface area (Å²) >= 11 is 0. The van der Waals surface area contributed by atoms with Crippen LogP contribution in [-0.2, 0) is 16.6 Å². The largest absolute Gasteiger partial charge is 0.333 e. The van der Waals surface area contributed by atoms with Crippen molar-refractivity contribution in [3.8, 4) is 11.3 Å². The quantitative estimate of drug-likeness (QED) is 0.386. The van der Waals surface area contributed by atoms with Gasteiger partial charge in [-0.25, -0.2) is 22.9 Å². The van der Waals surface area contributed by atoms with Crippen LogP contribution in [0.25, 0.3) is 16.8 Å². The molecule has 0 saturated heterocycles. The van der Waals surface area contributed by atoms with Gasteiger partial charge in [0.2, 0.25) is 16.0 Å². The van der Waals surface area contributed by atoms with Gasteiger partial charge in [-0.1, -0.05) is 30.3 Å². The molecule has 0 fully saturated rings. The third-order valence-electron chi connectivity index (χ3n) is 5.55. The number of nitrogens with one attached hydrogen (secondary N) is 1. The first-order valence-electron chi connectivity index (χ1n) is 10.6. The van der Waals surface area contributed by atoms with E-state index in [1.54, 1.807) is 36.4 Å². The summed E-state index contributed by atoms with van der Waals surface area (Å²) in [5, 5.41) is 7.91. The number of nitrogens with zero attached hydrogens (tertiary/aromatic N) is 6. The van der Waals surface area contributed by atoms with Crippen molar-refractivity contribution in [2.75, 3.05) is 22.9 Å². The number of sulfonamides is 1. The second-order valence-electron chi connectivity index (χ2n) is 7.94. The minimum atomic E-state index is -3.42. The molecule has 0 amide bonds. The Hall–Kier alpha value is -4.18. The molecule has 3 aromatic heterocycles. The zero-order chi connectivity index (χ0) is 23.7. The Labute approximate surface area is 197 Å². The molecule has 0 aliphatic carbocycles. The summed E-state index contributed by atoms with van der Waals surface area (Å²) in [6.07, 6.45) is 8.39. The number of hydrogen-bond donors (Lipinski definition) is 1. The van der Waals surface area contributed by atoms with E-state index < -0.39 is 10.0 Å². The summed E-state index contributed by atoms with van der Waals surface area (Å²) in [6.45, 7) is 0.747. The molecule has 3 heterocycles. The summed E-state index contributed by atoms with van der Waals surface area (Å²) in [5.74, 6) is 0.432. The van der Waals surface area contributed by atoms with Gasteiger partial charge in [-0.15, -0.1) is 5.10 Å². The molecular weight excluding hydrogens is 450 g/mol. The Kier molecular flexibility index (Phi) is 5.50. The van der Waals surface area contributed by atoms with E-state index in [0.29, 0.717) is 11.6 Å². The Morgan fingerprint density at radius 3 is 2.56 bits per heavy atom. The third kappa shape index (κ3) is 4.35. The van der Waals surface area contributed by atoms with Crippen molar-refractivity contribution in [3.63, 3.8) is 0 Å². The molecule has 5 rings (SSSR count). The predicted molar refractivity (Wildman–Crippen MR) is 133 cm³/mol. The van der Waals surface area contributed by atoms with Crippen LogP contribution in [-0.4, -0.2) is 45.9 Å². The highest BCUT2D eigenvalue weighted by Crippen LogP contribution is 2.32. The van der Waals surface area contributed by atoms with Crippen LogP contribution in [0, 0.1) is 0 Å². The molecule has 34 heavy (non-hydrogen) atoms. The van der Waals surface area contributed by atoms with Gasteiger partial charge < -0.3 is 9.88 Å². The molecule has 5 aromatic rings. The fourth-order valence-corrected chi connectivity index (χ4v) is 4.24. The van der Waals surface area contributed by atoms with Gasteiger partial charge in [0.05, 0.1) is 35.7 Å². The second kappa shape index (κ2) is 8.64. The molecule has 172 valence electrons. The predicted octanol–water partition coefficient (Wildman–Crippen LogP) is 3.78. The number of aromatic nitrogens is 5. The number of imidazole rings is 1. The maximum absolute atomic E-state index is 12.2. The van der Waals surface area contributed by atoms with Crippen LogP contribution in [0.2, 0.25) is 0 Å². The Morgan fingerprint density at radius 2 is 1.82 bits per heavy atom. The van der Waals surface area contributed by atoms with Crippen LogP contribution in [0.4, 0.5) is 17.3 Å². The highest BCUT2D eigenvalue weighted by Gasteiger charge is 2.18. The van der Waals surface area contributed by atoms with E-state index in [0.717, 1.165) is 34.6 Å². The summed E-state index contributed by atoms with van der Waals surface area (Å²) in [6, 6.07) is 19.2. The number of para-hydroxylation sites is 1. The van der Waals surface area contributed by atoms with E-state index in [4.69, 9.17) is 0 Å². The lowest BCUT2D eigenvalue weighted by Gasteiger charge is -2.20. The van der Waals surface area contributed by atoms with Crippen molar-refractivity contribution >= 4 is 32.9 Å². The summed E-state index contributed by atoms with van der Waals surface area (Å²) in [4.78, 5) is 8.49. The smallest absolute Gasteiger partial charge is 0.245 e. The molecule has 0 saturated carbocycles. The lowest BCUT2D eigenvalue weighted by Crippen LogP contribution is -2.25. The van der Waals surface area contributed by atoms with E-state index in [9.17, 15) is 8.42 Å². The Morgan fingerprint density at radius 1 is 1.03 bits per heavy atom. The lowest BCUT2D eigenvalue weighted by atomic mass is 10.1. The number of fused-ring (bicyclic) bond motifs is 1. The fourth-order valence-electron chi connectivity index (χ4n) is 3.72. The van der Waals surface area contributed by atoms with Gasteiger partial charge in [0.15, 0.2) is 0 Å². The molecule has 1 N–H and O–H groups in total. The Balaban J connectivity index is 1.45. The molecule has 2 aromatic carbocycles. The average molecular weight is 474 g/mol. The van der Waals surface area contributed by atoms with Gasteiger partial charge in [-0.3, -0.25) is 4.31 Å². The topological polar surface area (TPSA) is 97.4 Å². The summed E-state index contributed by atoms with van der Waals surface area (Å²) < 4.78 is 29.4. The monoisotopic (exact) mass is 473 g/mol. The first kappa shape index (κ1) is 21.7. The zero-order valence-corrected chi connectivity index (χ0v) is 19.5. The first-order chi connectivity index (χ1) is 16.4. The average Bonchev–Trinajstić information content (AvgIpc) is 3.49. The standard InChI is InChI=1S/C24H23N7O2S/c1-29(34(2,32)33)22-6-4-3-5-21(22)23-12-11-20-15-26-24(28-31(20)23)27-19-9-7-18(8-10-19)16-30-14-13-25-17-30/h3-15,17H,16H2,1-2H3,(H,27,28). The highest BCUT2D eigenvalue weighted by molar-refractivity contribution is 7.92. The maximum Gasteiger partial charge on any atom is 0.245 e. The normalized spacial score (nSPS) is 11.6. The van der Waals surface area contributed by atoms with Crippen molar-refractivity contribution in [1.82, 2.24) is 24.1 Å². The van der Waals surface area contributed by atoms with E-state index in [2.05, 4.69) is 20.4 Å². The van der Waals surface area contributed by atoms with Crippen LogP contribution in [0.1, 0.15) is 5.56 Å². The second-order valence-corrected chi connectivity index (χ2v) is 9.96. The van der Waals surface area contributed by atoms with Crippen molar-refractivity contribution in [2.45, 2.75) is 6.54 Å². The molecule has 10 heteroatoms. The van der Waals surface area contributed by atoms with Crippen LogP contribution in [0.3, 0.4) is 0 Å². The number of hydrogen-bond acceptors (Lipinski definition) is 6.